The maximum Gasteiger partial charge on any atom is 0.127 e. The lowest BCUT2D eigenvalue weighted by atomic mass is 9.97. The van der Waals surface area contributed by atoms with E-state index in [1.165, 1.54) is 6.07 Å². The van der Waals surface area contributed by atoms with Gasteiger partial charge in [-0.2, -0.15) is 0 Å². The van der Waals surface area contributed by atoms with Gasteiger partial charge < -0.3 is 10.1 Å². The van der Waals surface area contributed by atoms with Gasteiger partial charge in [0.05, 0.1) is 6.10 Å². The molecule has 1 fully saturated rings. The van der Waals surface area contributed by atoms with Crippen LogP contribution in [0, 0.1) is 12.7 Å². The van der Waals surface area contributed by atoms with Gasteiger partial charge in [-0.1, -0.05) is 24.6 Å². The maximum absolute atomic E-state index is 13.5. The summed E-state index contributed by atoms with van der Waals surface area (Å²) in [6.45, 7) is 5.53. The predicted molar refractivity (Wildman–Crippen MR) is 76.2 cm³/mol. The molecule has 1 N–H and O–H groups in total. The lowest BCUT2D eigenvalue weighted by Crippen LogP contribution is -2.25. The van der Waals surface area contributed by atoms with Gasteiger partial charge in [0.15, 0.2) is 0 Å². The third kappa shape index (κ3) is 3.68. The zero-order chi connectivity index (χ0) is 13.8. The third-order valence-electron chi connectivity index (χ3n) is 3.63. The van der Waals surface area contributed by atoms with E-state index >= 15 is 0 Å². The van der Waals surface area contributed by atoms with Crippen molar-refractivity contribution in [1.82, 2.24) is 5.32 Å². The molecule has 2 nitrogen and oxygen atoms in total. The fourth-order valence-corrected chi connectivity index (χ4v) is 2.89. The molecule has 19 heavy (non-hydrogen) atoms. The van der Waals surface area contributed by atoms with Crippen LogP contribution in [0.25, 0.3) is 0 Å². The monoisotopic (exact) mass is 285 g/mol. The van der Waals surface area contributed by atoms with Crippen molar-refractivity contribution in [1.29, 1.82) is 0 Å². The van der Waals surface area contributed by atoms with Gasteiger partial charge in [-0.25, -0.2) is 4.39 Å². The summed E-state index contributed by atoms with van der Waals surface area (Å²) in [5.41, 5.74) is 1.60. The zero-order valence-corrected chi connectivity index (χ0v) is 12.3. The number of nitrogens with one attached hydrogen (secondary N) is 1. The van der Waals surface area contributed by atoms with E-state index < -0.39 is 0 Å². The second kappa shape index (κ2) is 6.69. The zero-order valence-electron chi connectivity index (χ0n) is 11.5. The van der Waals surface area contributed by atoms with E-state index in [1.54, 1.807) is 6.92 Å². The summed E-state index contributed by atoms with van der Waals surface area (Å²) in [6.07, 6.45) is 3.39. The lowest BCUT2D eigenvalue weighted by Gasteiger charge is -2.23. The molecule has 4 heteroatoms. The van der Waals surface area contributed by atoms with E-state index in [2.05, 4.69) is 12.2 Å². The molecule has 1 heterocycles. The van der Waals surface area contributed by atoms with Crippen LogP contribution in [0.1, 0.15) is 43.4 Å². The summed E-state index contributed by atoms with van der Waals surface area (Å²) in [4.78, 5) is 0. The molecule has 106 valence electrons. The Labute approximate surface area is 119 Å². The molecule has 1 aromatic rings. The Morgan fingerprint density at radius 1 is 1.53 bits per heavy atom. The molecule has 0 bridgehead atoms. The molecule has 2 rings (SSSR count). The van der Waals surface area contributed by atoms with E-state index in [1.807, 2.05) is 6.07 Å². The van der Waals surface area contributed by atoms with Crippen molar-refractivity contribution in [3.63, 3.8) is 0 Å². The minimum absolute atomic E-state index is 0.125. The number of halogens is 2. The number of ether oxygens (including phenoxy) is 1. The maximum atomic E-state index is 13.5. The molecule has 0 radical (unpaired) electrons. The Morgan fingerprint density at radius 3 is 2.95 bits per heavy atom. The Balaban J connectivity index is 2.19. The number of rotatable bonds is 5. The van der Waals surface area contributed by atoms with Gasteiger partial charge in [-0.15, -0.1) is 0 Å². The summed E-state index contributed by atoms with van der Waals surface area (Å²) < 4.78 is 19.2. The van der Waals surface area contributed by atoms with Crippen molar-refractivity contribution in [2.45, 2.75) is 45.3 Å². The molecular formula is C15H21ClFNO. The summed E-state index contributed by atoms with van der Waals surface area (Å²) in [5, 5.41) is 3.92. The molecular weight excluding hydrogens is 265 g/mol. The minimum atomic E-state index is -0.249. The van der Waals surface area contributed by atoms with E-state index in [-0.39, 0.29) is 18.0 Å². The highest BCUT2D eigenvalue weighted by atomic mass is 35.5. The molecule has 1 aromatic carbocycles. The molecule has 0 amide bonds. The highest BCUT2D eigenvalue weighted by molar-refractivity contribution is 6.31. The van der Waals surface area contributed by atoms with Crippen LogP contribution in [0.15, 0.2) is 12.1 Å². The van der Waals surface area contributed by atoms with Gasteiger partial charge in [-0.05, 0) is 49.9 Å². The Hall–Kier alpha value is -0.640. The Kier molecular flexibility index (Phi) is 5.20. The average Bonchev–Trinajstić information content (AvgIpc) is 2.86. The largest absolute Gasteiger partial charge is 0.378 e. The molecule has 0 spiro atoms. The molecule has 1 aliphatic heterocycles. The number of aryl methyl sites for hydroxylation is 1. The standard InChI is InChI=1S/C15H21ClFNO/c1-3-18-15(8-11-5-4-6-19-11)12-7-10(2)14(17)9-13(12)16/h7,9,11,15,18H,3-6,8H2,1-2H3. The fraction of sp³-hybridized carbons (Fsp3) is 0.600. The van der Waals surface area contributed by atoms with Crippen molar-refractivity contribution >= 4 is 11.6 Å². The van der Waals surface area contributed by atoms with Crippen LogP contribution in [0.2, 0.25) is 5.02 Å². The fourth-order valence-electron chi connectivity index (χ4n) is 2.61. The second-order valence-corrected chi connectivity index (χ2v) is 5.51. The van der Waals surface area contributed by atoms with Gasteiger partial charge in [0.1, 0.15) is 5.82 Å². The number of hydrogen-bond donors (Lipinski definition) is 1. The van der Waals surface area contributed by atoms with Crippen LogP contribution in [0.3, 0.4) is 0 Å². The van der Waals surface area contributed by atoms with Gasteiger partial charge in [0, 0.05) is 17.7 Å². The highest BCUT2D eigenvalue weighted by Gasteiger charge is 2.23. The summed E-state index contributed by atoms with van der Waals surface area (Å²) >= 11 is 6.20. The van der Waals surface area contributed by atoms with Crippen LogP contribution in [0.5, 0.6) is 0 Å². The van der Waals surface area contributed by atoms with Crippen LogP contribution < -0.4 is 5.32 Å². The Morgan fingerprint density at radius 2 is 2.32 bits per heavy atom. The first-order valence-electron chi connectivity index (χ1n) is 6.92. The molecule has 2 atom stereocenters. The minimum Gasteiger partial charge on any atom is -0.378 e. The van der Waals surface area contributed by atoms with Crippen LogP contribution >= 0.6 is 11.6 Å². The number of hydrogen-bond acceptors (Lipinski definition) is 2. The normalized spacial score (nSPS) is 20.7. The van der Waals surface area contributed by atoms with Gasteiger partial charge >= 0.3 is 0 Å². The smallest absolute Gasteiger partial charge is 0.127 e. The molecule has 1 aliphatic rings. The van der Waals surface area contributed by atoms with Crippen molar-refractivity contribution in [2.75, 3.05) is 13.2 Å². The first-order valence-corrected chi connectivity index (χ1v) is 7.30. The van der Waals surface area contributed by atoms with Crippen LogP contribution in [-0.2, 0) is 4.74 Å². The van der Waals surface area contributed by atoms with E-state index in [4.69, 9.17) is 16.3 Å². The molecule has 0 saturated carbocycles. The summed E-state index contributed by atoms with van der Waals surface area (Å²) in [7, 11) is 0. The lowest BCUT2D eigenvalue weighted by molar-refractivity contribution is 0.0947. The van der Waals surface area contributed by atoms with Crippen LogP contribution in [0.4, 0.5) is 4.39 Å². The highest BCUT2D eigenvalue weighted by Crippen LogP contribution is 2.31. The van der Waals surface area contributed by atoms with Gasteiger partial charge in [-0.3, -0.25) is 0 Å². The summed E-state index contributed by atoms with van der Waals surface area (Å²) in [5.74, 6) is -0.249. The first-order chi connectivity index (χ1) is 9.11. The molecule has 2 unspecified atom stereocenters. The quantitative estimate of drug-likeness (QED) is 0.883. The first kappa shape index (κ1) is 14.8. The van der Waals surface area contributed by atoms with Gasteiger partial charge in [0.2, 0.25) is 0 Å². The molecule has 0 aromatic heterocycles. The van der Waals surface area contributed by atoms with Crippen molar-refractivity contribution in [2.24, 2.45) is 0 Å². The van der Waals surface area contributed by atoms with E-state index in [0.717, 1.165) is 38.0 Å². The summed E-state index contributed by atoms with van der Waals surface area (Å²) in [6, 6.07) is 3.38. The van der Waals surface area contributed by atoms with Crippen LogP contribution in [-0.4, -0.2) is 19.3 Å². The topological polar surface area (TPSA) is 21.3 Å². The van der Waals surface area contributed by atoms with Gasteiger partial charge in [0.25, 0.3) is 0 Å². The second-order valence-electron chi connectivity index (χ2n) is 5.10. The SMILES string of the molecule is CCNC(CC1CCCO1)c1cc(C)c(F)cc1Cl. The molecule has 1 saturated heterocycles. The van der Waals surface area contributed by atoms with Crippen molar-refractivity contribution in [3.05, 3.63) is 34.1 Å². The van der Waals surface area contributed by atoms with Crippen molar-refractivity contribution < 1.29 is 9.13 Å². The van der Waals surface area contributed by atoms with E-state index in [0.29, 0.717) is 10.6 Å². The van der Waals surface area contributed by atoms with E-state index in [9.17, 15) is 4.39 Å². The number of benzene rings is 1. The molecule has 0 aliphatic carbocycles. The average molecular weight is 286 g/mol. The predicted octanol–water partition coefficient (Wildman–Crippen LogP) is 4.01. The third-order valence-corrected chi connectivity index (χ3v) is 3.95. The van der Waals surface area contributed by atoms with Crippen molar-refractivity contribution in [3.8, 4) is 0 Å². The Bertz CT molecular complexity index is 432.